The van der Waals surface area contributed by atoms with Crippen molar-refractivity contribution in [2.45, 2.75) is 20.3 Å². The smallest absolute Gasteiger partial charge is 0.193 e. The Balaban J connectivity index is 2.22. The first-order chi connectivity index (χ1) is 9.61. The minimum atomic E-state index is -0.00759. The fourth-order valence-electron chi connectivity index (χ4n) is 1.93. The molecule has 0 saturated carbocycles. The molecule has 2 aromatic rings. The van der Waals surface area contributed by atoms with Gasteiger partial charge in [0.1, 0.15) is 5.75 Å². The molecule has 20 heavy (non-hydrogen) atoms. The summed E-state index contributed by atoms with van der Waals surface area (Å²) >= 11 is 5.83. The maximum atomic E-state index is 12.4. The zero-order chi connectivity index (χ0) is 14.5. The number of carbonyl (C=O) groups is 1. The van der Waals surface area contributed by atoms with E-state index in [9.17, 15) is 4.79 Å². The van der Waals surface area contributed by atoms with Crippen molar-refractivity contribution in [1.29, 1.82) is 0 Å². The number of hydrogen-bond donors (Lipinski definition) is 0. The van der Waals surface area contributed by atoms with E-state index in [1.165, 1.54) is 0 Å². The van der Waals surface area contributed by atoms with E-state index in [0.29, 0.717) is 22.8 Å². The van der Waals surface area contributed by atoms with Gasteiger partial charge in [-0.1, -0.05) is 18.5 Å². The van der Waals surface area contributed by atoms with E-state index in [4.69, 9.17) is 16.3 Å². The van der Waals surface area contributed by atoms with Crippen LogP contribution in [0.5, 0.6) is 5.75 Å². The molecule has 0 amide bonds. The van der Waals surface area contributed by atoms with Gasteiger partial charge in [-0.25, -0.2) is 0 Å². The van der Waals surface area contributed by atoms with Crippen LogP contribution in [0, 0.1) is 6.92 Å². The third-order valence-corrected chi connectivity index (χ3v) is 3.26. The van der Waals surface area contributed by atoms with Crippen LogP contribution in [-0.2, 0) is 0 Å². The first kappa shape index (κ1) is 14.6. The summed E-state index contributed by atoms with van der Waals surface area (Å²) in [6, 6.07) is 12.4. The van der Waals surface area contributed by atoms with E-state index in [1.807, 2.05) is 19.1 Å². The standard InChI is InChI=1S/C17H17ClO2/c1-3-10-20-16-9-6-14(11-12(16)2)17(19)13-4-7-15(18)8-5-13/h4-9,11H,3,10H2,1-2H3. The van der Waals surface area contributed by atoms with Gasteiger partial charge in [0.15, 0.2) is 5.78 Å². The Labute approximate surface area is 124 Å². The van der Waals surface area contributed by atoms with Crippen LogP contribution in [0.3, 0.4) is 0 Å². The highest BCUT2D eigenvalue weighted by Crippen LogP contribution is 2.21. The number of carbonyl (C=O) groups excluding carboxylic acids is 1. The lowest BCUT2D eigenvalue weighted by Crippen LogP contribution is -2.03. The van der Waals surface area contributed by atoms with E-state index in [-0.39, 0.29) is 5.78 Å². The Morgan fingerprint density at radius 3 is 2.35 bits per heavy atom. The monoisotopic (exact) mass is 288 g/mol. The van der Waals surface area contributed by atoms with E-state index in [2.05, 4.69) is 6.92 Å². The van der Waals surface area contributed by atoms with Gasteiger partial charge in [0, 0.05) is 16.1 Å². The van der Waals surface area contributed by atoms with Crippen molar-refractivity contribution in [3.63, 3.8) is 0 Å². The summed E-state index contributed by atoms with van der Waals surface area (Å²) in [7, 11) is 0. The molecule has 104 valence electrons. The Hall–Kier alpha value is -1.80. The van der Waals surface area contributed by atoms with Crippen LogP contribution in [-0.4, -0.2) is 12.4 Å². The van der Waals surface area contributed by atoms with Gasteiger partial charge in [0.25, 0.3) is 0 Å². The molecular formula is C17H17ClO2. The number of benzene rings is 2. The maximum absolute atomic E-state index is 12.4. The SMILES string of the molecule is CCCOc1ccc(C(=O)c2ccc(Cl)cc2)cc1C. The summed E-state index contributed by atoms with van der Waals surface area (Å²) in [4.78, 5) is 12.4. The second-order valence-corrected chi connectivity index (χ2v) is 5.10. The highest BCUT2D eigenvalue weighted by atomic mass is 35.5. The second-order valence-electron chi connectivity index (χ2n) is 4.66. The molecule has 0 atom stereocenters. The molecule has 0 aromatic heterocycles. The molecule has 0 saturated heterocycles. The van der Waals surface area contributed by atoms with Crippen molar-refractivity contribution in [2.24, 2.45) is 0 Å². The van der Waals surface area contributed by atoms with Crippen LogP contribution >= 0.6 is 11.6 Å². The fraction of sp³-hybridized carbons (Fsp3) is 0.235. The van der Waals surface area contributed by atoms with E-state index < -0.39 is 0 Å². The minimum Gasteiger partial charge on any atom is -0.493 e. The lowest BCUT2D eigenvalue weighted by atomic mass is 10.0. The molecule has 2 aromatic carbocycles. The largest absolute Gasteiger partial charge is 0.493 e. The maximum Gasteiger partial charge on any atom is 0.193 e. The molecule has 0 aliphatic carbocycles. The third kappa shape index (κ3) is 3.40. The van der Waals surface area contributed by atoms with Gasteiger partial charge in [0.05, 0.1) is 6.61 Å². The summed E-state index contributed by atoms with van der Waals surface area (Å²) in [5, 5.41) is 0.626. The lowest BCUT2D eigenvalue weighted by molar-refractivity contribution is 0.103. The summed E-state index contributed by atoms with van der Waals surface area (Å²) < 4.78 is 5.61. The summed E-state index contributed by atoms with van der Waals surface area (Å²) in [6.45, 7) is 4.70. The number of rotatable bonds is 5. The first-order valence-corrected chi connectivity index (χ1v) is 7.03. The van der Waals surface area contributed by atoms with Crippen molar-refractivity contribution in [2.75, 3.05) is 6.61 Å². The predicted octanol–water partition coefficient (Wildman–Crippen LogP) is 4.67. The van der Waals surface area contributed by atoms with Gasteiger partial charge in [-0.15, -0.1) is 0 Å². The molecule has 2 rings (SSSR count). The zero-order valence-electron chi connectivity index (χ0n) is 11.7. The van der Waals surface area contributed by atoms with E-state index in [1.54, 1.807) is 30.3 Å². The van der Waals surface area contributed by atoms with E-state index >= 15 is 0 Å². The summed E-state index contributed by atoms with van der Waals surface area (Å²) in [6.07, 6.45) is 0.963. The zero-order valence-corrected chi connectivity index (χ0v) is 12.4. The molecule has 0 bridgehead atoms. The van der Waals surface area contributed by atoms with Crippen LogP contribution < -0.4 is 4.74 Å². The highest BCUT2D eigenvalue weighted by Gasteiger charge is 2.10. The highest BCUT2D eigenvalue weighted by molar-refractivity contribution is 6.30. The predicted molar refractivity (Wildman–Crippen MR) is 81.8 cm³/mol. The number of halogens is 1. The van der Waals surface area contributed by atoms with E-state index in [0.717, 1.165) is 17.7 Å². The van der Waals surface area contributed by atoms with Gasteiger partial charge >= 0.3 is 0 Å². The summed E-state index contributed by atoms with van der Waals surface area (Å²) in [5.41, 5.74) is 2.27. The molecule has 3 heteroatoms. The Bertz CT molecular complexity index is 603. The number of aryl methyl sites for hydroxylation is 1. The fourth-order valence-corrected chi connectivity index (χ4v) is 2.06. The van der Waals surface area contributed by atoms with Crippen molar-refractivity contribution in [1.82, 2.24) is 0 Å². The van der Waals surface area contributed by atoms with Crippen LogP contribution in [0.15, 0.2) is 42.5 Å². The van der Waals surface area contributed by atoms with Crippen LogP contribution in [0.2, 0.25) is 5.02 Å². The van der Waals surface area contributed by atoms with Crippen molar-refractivity contribution in [3.8, 4) is 5.75 Å². The average Bonchev–Trinajstić information content (AvgIpc) is 2.46. The topological polar surface area (TPSA) is 26.3 Å². The van der Waals surface area contributed by atoms with Gasteiger partial charge < -0.3 is 4.74 Å². The Morgan fingerprint density at radius 1 is 1.10 bits per heavy atom. The lowest BCUT2D eigenvalue weighted by Gasteiger charge is -2.09. The van der Waals surface area contributed by atoms with Crippen molar-refractivity contribution >= 4 is 17.4 Å². The van der Waals surface area contributed by atoms with Crippen LogP contribution in [0.4, 0.5) is 0 Å². The molecule has 0 radical (unpaired) electrons. The molecule has 0 heterocycles. The second kappa shape index (κ2) is 6.58. The van der Waals surface area contributed by atoms with Gasteiger partial charge in [-0.05, 0) is 61.4 Å². The first-order valence-electron chi connectivity index (χ1n) is 6.65. The van der Waals surface area contributed by atoms with Gasteiger partial charge in [-0.3, -0.25) is 4.79 Å². The summed E-state index contributed by atoms with van der Waals surface area (Å²) in [5.74, 6) is 0.825. The number of ether oxygens (including phenoxy) is 1. The third-order valence-electron chi connectivity index (χ3n) is 3.01. The quantitative estimate of drug-likeness (QED) is 0.748. The van der Waals surface area contributed by atoms with Crippen LogP contribution in [0.25, 0.3) is 0 Å². The van der Waals surface area contributed by atoms with Crippen molar-refractivity contribution < 1.29 is 9.53 Å². The van der Waals surface area contributed by atoms with Crippen molar-refractivity contribution in [3.05, 3.63) is 64.2 Å². The van der Waals surface area contributed by atoms with Crippen LogP contribution in [0.1, 0.15) is 34.8 Å². The average molecular weight is 289 g/mol. The normalized spacial score (nSPS) is 10.3. The Morgan fingerprint density at radius 2 is 1.75 bits per heavy atom. The molecule has 0 aliphatic heterocycles. The molecule has 0 fully saturated rings. The Kier molecular flexibility index (Phi) is 4.80. The van der Waals surface area contributed by atoms with Gasteiger partial charge in [-0.2, -0.15) is 0 Å². The molecule has 2 nitrogen and oxygen atoms in total. The molecule has 0 N–H and O–H groups in total. The molecule has 0 aliphatic rings. The number of ketones is 1. The minimum absolute atomic E-state index is 0.00759. The van der Waals surface area contributed by atoms with Gasteiger partial charge in [0.2, 0.25) is 0 Å². The number of hydrogen-bond acceptors (Lipinski definition) is 2. The molecule has 0 unspecified atom stereocenters. The molecule has 0 spiro atoms. The molecular weight excluding hydrogens is 272 g/mol.